The maximum absolute atomic E-state index is 13.0. The highest BCUT2D eigenvalue weighted by molar-refractivity contribution is 7.92. The van der Waals surface area contributed by atoms with Crippen molar-refractivity contribution in [3.63, 3.8) is 0 Å². The normalized spacial score (nSPS) is 13.8. The van der Waals surface area contributed by atoms with Gasteiger partial charge in [0.1, 0.15) is 10.6 Å². The fraction of sp³-hybridized carbons (Fsp3) is 0.381. The first kappa shape index (κ1) is 20.2. The van der Waals surface area contributed by atoms with Crippen LogP contribution in [-0.2, 0) is 27.7 Å². The molecular weight excluding hydrogens is 376 g/mol. The number of fused-ring (bicyclic) bond motifs is 1. The van der Waals surface area contributed by atoms with Crippen molar-refractivity contribution in [1.29, 1.82) is 0 Å². The number of sulfonamides is 1. The number of amides is 1. The topological polar surface area (TPSA) is 75.7 Å². The van der Waals surface area contributed by atoms with Crippen LogP contribution in [0.3, 0.4) is 0 Å². The summed E-state index contributed by atoms with van der Waals surface area (Å²) >= 11 is 0. The van der Waals surface area contributed by atoms with Gasteiger partial charge in [0.25, 0.3) is 10.0 Å². The molecule has 28 heavy (non-hydrogen) atoms. The number of anilines is 2. The quantitative estimate of drug-likeness (QED) is 0.798. The number of carbonyl (C=O) groups excluding carboxylic acids is 1. The Morgan fingerprint density at radius 3 is 2.64 bits per heavy atom. The minimum atomic E-state index is -3.84. The summed E-state index contributed by atoms with van der Waals surface area (Å²) in [6.07, 6.45) is 2.92. The van der Waals surface area contributed by atoms with Crippen LogP contribution in [0.4, 0.5) is 11.4 Å². The Hall–Kier alpha value is -2.54. The number of rotatable bonds is 6. The number of nitrogens with one attached hydrogen (secondary N) is 1. The lowest BCUT2D eigenvalue weighted by atomic mass is 10.0. The summed E-state index contributed by atoms with van der Waals surface area (Å²) in [4.78, 5) is 14.1. The zero-order valence-corrected chi connectivity index (χ0v) is 17.3. The van der Waals surface area contributed by atoms with E-state index in [1.165, 1.54) is 7.11 Å². The van der Waals surface area contributed by atoms with Crippen LogP contribution in [0.5, 0.6) is 5.75 Å². The van der Waals surface area contributed by atoms with E-state index in [1.54, 1.807) is 29.2 Å². The summed E-state index contributed by atoms with van der Waals surface area (Å²) in [5.74, 6) is 0.337. The maximum Gasteiger partial charge on any atom is 0.265 e. The van der Waals surface area contributed by atoms with Crippen LogP contribution >= 0.6 is 0 Å². The molecule has 0 fully saturated rings. The Morgan fingerprint density at radius 1 is 1.18 bits per heavy atom. The van der Waals surface area contributed by atoms with Crippen molar-refractivity contribution in [2.75, 3.05) is 23.3 Å². The van der Waals surface area contributed by atoms with E-state index in [0.29, 0.717) is 24.4 Å². The van der Waals surface area contributed by atoms with Gasteiger partial charge in [0, 0.05) is 18.7 Å². The van der Waals surface area contributed by atoms with Gasteiger partial charge in [-0.05, 0) is 54.7 Å². The van der Waals surface area contributed by atoms with Crippen molar-refractivity contribution < 1.29 is 17.9 Å². The van der Waals surface area contributed by atoms with Crippen LogP contribution in [0.25, 0.3) is 0 Å². The van der Waals surface area contributed by atoms with Gasteiger partial charge in [0.05, 0.1) is 12.8 Å². The molecule has 0 unspecified atom stereocenters. The number of hydrogen-bond acceptors (Lipinski definition) is 4. The van der Waals surface area contributed by atoms with Crippen molar-refractivity contribution in [3.05, 3.63) is 47.5 Å². The Balaban J connectivity index is 1.97. The summed E-state index contributed by atoms with van der Waals surface area (Å²) in [7, 11) is -2.39. The summed E-state index contributed by atoms with van der Waals surface area (Å²) in [6.45, 7) is 4.45. The molecule has 7 heteroatoms. The molecule has 1 amide bonds. The number of nitrogens with zero attached hydrogens (tertiary/aromatic N) is 1. The second-order valence-electron chi connectivity index (χ2n) is 6.79. The van der Waals surface area contributed by atoms with Crippen molar-refractivity contribution in [2.24, 2.45) is 0 Å². The number of benzene rings is 2. The fourth-order valence-corrected chi connectivity index (χ4v) is 4.72. The standard InChI is InChI=1S/C21H26N2O4S/c1-4-15-8-11-19(27-3)20(13-15)28(25,26)22-17-10-9-16-7-6-12-23(18(16)14-17)21(24)5-2/h8-11,13-14,22H,4-7,12H2,1-3H3. The molecule has 0 aliphatic carbocycles. The van der Waals surface area contributed by atoms with Crippen molar-refractivity contribution in [1.82, 2.24) is 0 Å². The fourth-order valence-electron chi connectivity index (χ4n) is 3.45. The van der Waals surface area contributed by atoms with E-state index in [0.717, 1.165) is 36.1 Å². The molecule has 0 saturated carbocycles. The zero-order chi connectivity index (χ0) is 20.3. The van der Waals surface area contributed by atoms with Crippen LogP contribution in [0.1, 0.15) is 37.8 Å². The van der Waals surface area contributed by atoms with Gasteiger partial charge in [0.2, 0.25) is 5.91 Å². The van der Waals surface area contributed by atoms with Crippen LogP contribution < -0.4 is 14.4 Å². The molecule has 0 bridgehead atoms. The monoisotopic (exact) mass is 402 g/mol. The van der Waals surface area contributed by atoms with E-state index >= 15 is 0 Å². The minimum Gasteiger partial charge on any atom is -0.495 e. The molecule has 6 nitrogen and oxygen atoms in total. The van der Waals surface area contributed by atoms with Gasteiger partial charge in [-0.1, -0.05) is 26.0 Å². The Bertz CT molecular complexity index is 986. The van der Waals surface area contributed by atoms with Gasteiger partial charge < -0.3 is 9.64 Å². The Morgan fingerprint density at radius 2 is 1.96 bits per heavy atom. The number of aryl methyl sites for hydroxylation is 2. The third-order valence-corrected chi connectivity index (χ3v) is 6.39. The molecule has 3 rings (SSSR count). The number of ether oxygens (including phenoxy) is 1. The van der Waals surface area contributed by atoms with Crippen LogP contribution in [0, 0.1) is 0 Å². The predicted molar refractivity (Wildman–Crippen MR) is 111 cm³/mol. The third kappa shape index (κ3) is 3.99. The van der Waals surface area contributed by atoms with Gasteiger partial charge in [-0.3, -0.25) is 9.52 Å². The highest BCUT2D eigenvalue weighted by atomic mass is 32.2. The predicted octanol–water partition coefficient (Wildman–Crippen LogP) is 3.75. The van der Waals surface area contributed by atoms with Gasteiger partial charge in [0.15, 0.2) is 0 Å². The molecule has 0 spiro atoms. The molecule has 0 aromatic heterocycles. The van der Waals surface area contributed by atoms with Gasteiger partial charge in [-0.2, -0.15) is 0 Å². The SMILES string of the molecule is CCC(=O)N1CCCc2ccc(NS(=O)(=O)c3cc(CC)ccc3OC)cc21. The Kier molecular flexibility index (Phi) is 5.93. The highest BCUT2D eigenvalue weighted by Crippen LogP contribution is 2.32. The van der Waals surface area contributed by atoms with E-state index in [1.807, 2.05) is 26.0 Å². The molecule has 0 atom stereocenters. The van der Waals surface area contributed by atoms with Gasteiger partial charge in [-0.25, -0.2) is 8.42 Å². The van der Waals surface area contributed by atoms with Crippen LogP contribution in [0.2, 0.25) is 0 Å². The summed E-state index contributed by atoms with van der Waals surface area (Å²) < 4.78 is 33.9. The molecule has 2 aromatic rings. The molecule has 150 valence electrons. The van der Waals surface area contributed by atoms with E-state index < -0.39 is 10.0 Å². The molecule has 0 saturated heterocycles. The second kappa shape index (κ2) is 8.22. The van der Waals surface area contributed by atoms with Crippen LogP contribution in [0.15, 0.2) is 41.3 Å². The smallest absolute Gasteiger partial charge is 0.265 e. The molecule has 1 aliphatic rings. The molecule has 1 aliphatic heterocycles. The van der Waals surface area contributed by atoms with Gasteiger partial charge in [-0.15, -0.1) is 0 Å². The molecule has 0 radical (unpaired) electrons. The van der Waals surface area contributed by atoms with Crippen LogP contribution in [-0.4, -0.2) is 28.0 Å². The summed E-state index contributed by atoms with van der Waals surface area (Å²) in [5, 5.41) is 0. The first-order chi connectivity index (χ1) is 13.4. The largest absolute Gasteiger partial charge is 0.495 e. The third-order valence-electron chi connectivity index (χ3n) is 4.99. The molecule has 2 aromatic carbocycles. The highest BCUT2D eigenvalue weighted by Gasteiger charge is 2.24. The lowest BCUT2D eigenvalue weighted by Crippen LogP contribution is -2.35. The molecular formula is C21H26N2O4S. The average Bonchev–Trinajstić information content (AvgIpc) is 2.71. The zero-order valence-electron chi connectivity index (χ0n) is 16.5. The van der Waals surface area contributed by atoms with E-state index in [4.69, 9.17) is 4.74 Å². The minimum absolute atomic E-state index is 0.0401. The first-order valence-electron chi connectivity index (χ1n) is 9.52. The maximum atomic E-state index is 13.0. The van der Waals surface area contributed by atoms with E-state index in [9.17, 15) is 13.2 Å². The molecule has 1 heterocycles. The molecule has 1 N–H and O–H groups in total. The van der Waals surface area contributed by atoms with E-state index in [2.05, 4.69) is 4.72 Å². The summed E-state index contributed by atoms with van der Waals surface area (Å²) in [6, 6.07) is 10.5. The second-order valence-corrected chi connectivity index (χ2v) is 8.44. The number of methoxy groups -OCH3 is 1. The number of hydrogen-bond donors (Lipinski definition) is 1. The lowest BCUT2D eigenvalue weighted by molar-refractivity contribution is -0.118. The number of carbonyl (C=O) groups is 1. The van der Waals surface area contributed by atoms with Crippen molar-refractivity contribution >= 4 is 27.3 Å². The van der Waals surface area contributed by atoms with Crippen molar-refractivity contribution in [2.45, 2.75) is 44.4 Å². The lowest BCUT2D eigenvalue weighted by Gasteiger charge is -2.30. The van der Waals surface area contributed by atoms with Crippen molar-refractivity contribution in [3.8, 4) is 5.75 Å². The first-order valence-corrected chi connectivity index (χ1v) is 11.0. The van der Waals surface area contributed by atoms with E-state index in [-0.39, 0.29) is 10.8 Å². The average molecular weight is 403 g/mol. The Labute approximate surface area is 166 Å². The summed E-state index contributed by atoms with van der Waals surface area (Å²) in [5.41, 5.74) is 3.18. The van der Waals surface area contributed by atoms with Gasteiger partial charge >= 0.3 is 0 Å².